The van der Waals surface area contributed by atoms with Crippen LogP contribution in [0.1, 0.15) is 12.5 Å². The summed E-state index contributed by atoms with van der Waals surface area (Å²) >= 11 is 3.24. The lowest BCUT2D eigenvalue weighted by atomic mass is 10.2. The number of halogens is 2. The molecule has 0 atom stereocenters. The van der Waals surface area contributed by atoms with E-state index < -0.39 is 0 Å². The summed E-state index contributed by atoms with van der Waals surface area (Å²) < 4.78 is 19.1. The zero-order valence-electron chi connectivity index (χ0n) is 7.03. The van der Waals surface area contributed by atoms with Crippen molar-refractivity contribution in [2.45, 2.75) is 13.8 Å². The van der Waals surface area contributed by atoms with Crippen molar-refractivity contribution in [3.05, 3.63) is 28.0 Å². The Morgan fingerprint density at radius 1 is 1.50 bits per heavy atom. The molecule has 0 saturated carbocycles. The Labute approximate surface area is 79.7 Å². The average Bonchev–Trinajstić information content (AvgIpc) is 2.07. The predicted molar refractivity (Wildman–Crippen MR) is 50.0 cm³/mol. The van der Waals surface area contributed by atoms with Gasteiger partial charge in [0.15, 0.2) is 11.6 Å². The highest BCUT2D eigenvalue weighted by Crippen LogP contribution is 2.26. The van der Waals surface area contributed by atoms with E-state index in [0.29, 0.717) is 17.9 Å². The van der Waals surface area contributed by atoms with E-state index in [9.17, 15) is 4.39 Å². The summed E-state index contributed by atoms with van der Waals surface area (Å²) in [5.74, 6) is 0.0319. The molecule has 0 aliphatic rings. The second-order valence-corrected chi connectivity index (χ2v) is 3.27. The van der Waals surface area contributed by atoms with E-state index in [1.807, 2.05) is 6.92 Å². The van der Waals surface area contributed by atoms with Crippen molar-refractivity contribution in [3.63, 3.8) is 0 Å². The fourth-order valence-corrected chi connectivity index (χ4v) is 1.21. The van der Waals surface area contributed by atoms with Gasteiger partial charge in [0.1, 0.15) is 0 Å². The molecule has 0 fully saturated rings. The van der Waals surface area contributed by atoms with Crippen molar-refractivity contribution in [1.82, 2.24) is 0 Å². The molecule has 0 N–H and O–H groups in total. The Morgan fingerprint density at radius 3 is 2.75 bits per heavy atom. The van der Waals surface area contributed by atoms with E-state index in [1.54, 1.807) is 19.1 Å². The Bertz CT molecular complexity index is 286. The summed E-state index contributed by atoms with van der Waals surface area (Å²) in [5, 5.41) is 0. The van der Waals surface area contributed by atoms with Gasteiger partial charge in [-0.3, -0.25) is 0 Å². The first-order valence-corrected chi connectivity index (χ1v) is 4.53. The van der Waals surface area contributed by atoms with Gasteiger partial charge in [0.2, 0.25) is 0 Å². The third-order valence-corrected chi connectivity index (χ3v) is 2.44. The molecule has 1 aromatic carbocycles. The monoisotopic (exact) mass is 232 g/mol. The second-order valence-electron chi connectivity index (χ2n) is 2.42. The van der Waals surface area contributed by atoms with Crippen LogP contribution in [0.25, 0.3) is 0 Å². The van der Waals surface area contributed by atoms with Crippen LogP contribution in [0.2, 0.25) is 0 Å². The summed E-state index contributed by atoms with van der Waals surface area (Å²) in [6.45, 7) is 4.02. The molecule has 0 spiro atoms. The first kappa shape index (κ1) is 9.52. The molecule has 1 rings (SSSR count). The largest absolute Gasteiger partial charge is 0.491 e. The minimum Gasteiger partial charge on any atom is -0.491 e. The van der Waals surface area contributed by atoms with E-state index in [2.05, 4.69) is 15.9 Å². The Morgan fingerprint density at radius 2 is 2.17 bits per heavy atom. The Kier molecular flexibility index (Phi) is 3.09. The van der Waals surface area contributed by atoms with E-state index in [0.717, 1.165) is 4.47 Å². The number of hydrogen-bond donors (Lipinski definition) is 0. The summed E-state index contributed by atoms with van der Waals surface area (Å²) in [7, 11) is 0. The fourth-order valence-electron chi connectivity index (χ4n) is 0.904. The highest BCUT2D eigenvalue weighted by molar-refractivity contribution is 9.10. The third kappa shape index (κ3) is 1.78. The van der Waals surface area contributed by atoms with Crippen molar-refractivity contribution >= 4 is 15.9 Å². The maximum atomic E-state index is 13.3. The molecule has 12 heavy (non-hydrogen) atoms. The van der Waals surface area contributed by atoms with Crippen LogP contribution < -0.4 is 4.74 Å². The van der Waals surface area contributed by atoms with Gasteiger partial charge in [-0.15, -0.1) is 0 Å². The molecule has 0 unspecified atom stereocenters. The maximum Gasteiger partial charge on any atom is 0.169 e. The number of hydrogen-bond acceptors (Lipinski definition) is 1. The molecule has 66 valence electrons. The van der Waals surface area contributed by atoms with E-state index in [4.69, 9.17) is 4.74 Å². The van der Waals surface area contributed by atoms with Crippen LogP contribution in [0.3, 0.4) is 0 Å². The van der Waals surface area contributed by atoms with Gasteiger partial charge in [-0.25, -0.2) is 4.39 Å². The molecule has 0 aliphatic carbocycles. The summed E-state index contributed by atoms with van der Waals surface area (Å²) in [6, 6.07) is 3.40. The quantitative estimate of drug-likeness (QED) is 0.761. The van der Waals surface area contributed by atoms with Gasteiger partial charge < -0.3 is 4.74 Å². The molecule has 3 heteroatoms. The standard InChI is InChI=1S/C9H10BrFO/c1-3-12-8-5-4-7(10)6(2)9(8)11/h4-5H,3H2,1-2H3. The second kappa shape index (κ2) is 3.90. The van der Waals surface area contributed by atoms with Crippen LogP contribution in [0.15, 0.2) is 16.6 Å². The highest BCUT2D eigenvalue weighted by Gasteiger charge is 2.07. The zero-order chi connectivity index (χ0) is 9.14. The van der Waals surface area contributed by atoms with Gasteiger partial charge in [-0.2, -0.15) is 0 Å². The molecular weight excluding hydrogens is 223 g/mol. The minimum atomic E-state index is -0.286. The molecule has 0 radical (unpaired) electrons. The van der Waals surface area contributed by atoms with Crippen molar-refractivity contribution in [1.29, 1.82) is 0 Å². The fraction of sp³-hybridized carbons (Fsp3) is 0.333. The van der Waals surface area contributed by atoms with Gasteiger partial charge in [0.25, 0.3) is 0 Å². The lowest BCUT2D eigenvalue weighted by Crippen LogP contribution is -1.96. The minimum absolute atomic E-state index is 0.286. The molecule has 0 aliphatic heterocycles. The number of benzene rings is 1. The summed E-state index contributed by atoms with van der Waals surface area (Å²) in [5.41, 5.74) is 0.584. The van der Waals surface area contributed by atoms with Crippen molar-refractivity contribution in [2.24, 2.45) is 0 Å². The first-order chi connectivity index (χ1) is 5.66. The van der Waals surface area contributed by atoms with Crippen LogP contribution in [-0.4, -0.2) is 6.61 Å². The van der Waals surface area contributed by atoms with Crippen molar-refractivity contribution in [2.75, 3.05) is 6.61 Å². The van der Waals surface area contributed by atoms with Crippen molar-refractivity contribution in [3.8, 4) is 5.75 Å². The van der Waals surface area contributed by atoms with Crippen molar-refractivity contribution < 1.29 is 9.13 Å². The van der Waals surface area contributed by atoms with Crippen LogP contribution in [0, 0.1) is 12.7 Å². The van der Waals surface area contributed by atoms with E-state index in [1.165, 1.54) is 0 Å². The molecule has 0 saturated heterocycles. The van der Waals surface area contributed by atoms with E-state index in [-0.39, 0.29) is 5.82 Å². The van der Waals surface area contributed by atoms with Crippen LogP contribution >= 0.6 is 15.9 Å². The molecule has 0 aromatic heterocycles. The van der Waals surface area contributed by atoms with Gasteiger partial charge >= 0.3 is 0 Å². The normalized spacial score (nSPS) is 10.0. The first-order valence-electron chi connectivity index (χ1n) is 3.74. The number of ether oxygens (including phenoxy) is 1. The van der Waals surface area contributed by atoms with E-state index >= 15 is 0 Å². The molecule has 0 heterocycles. The Balaban J connectivity index is 3.08. The van der Waals surface area contributed by atoms with Gasteiger partial charge in [-0.1, -0.05) is 15.9 Å². The maximum absolute atomic E-state index is 13.3. The van der Waals surface area contributed by atoms with Crippen LogP contribution in [-0.2, 0) is 0 Å². The molecular formula is C9H10BrFO. The van der Waals surface area contributed by atoms with Gasteiger partial charge in [0, 0.05) is 10.0 Å². The third-order valence-electron chi connectivity index (χ3n) is 1.58. The predicted octanol–water partition coefficient (Wildman–Crippen LogP) is 3.30. The lowest BCUT2D eigenvalue weighted by Gasteiger charge is -2.07. The summed E-state index contributed by atoms with van der Waals surface area (Å²) in [4.78, 5) is 0. The molecule has 0 bridgehead atoms. The number of rotatable bonds is 2. The molecule has 0 amide bonds. The van der Waals surface area contributed by atoms with Gasteiger partial charge in [0.05, 0.1) is 6.61 Å². The SMILES string of the molecule is CCOc1ccc(Br)c(C)c1F. The smallest absolute Gasteiger partial charge is 0.169 e. The van der Waals surface area contributed by atoms with Gasteiger partial charge in [-0.05, 0) is 26.0 Å². The van der Waals surface area contributed by atoms with Crippen LogP contribution in [0.4, 0.5) is 4.39 Å². The topological polar surface area (TPSA) is 9.23 Å². The lowest BCUT2D eigenvalue weighted by molar-refractivity contribution is 0.320. The average molecular weight is 233 g/mol. The molecule has 1 aromatic rings. The molecule has 1 nitrogen and oxygen atoms in total. The van der Waals surface area contributed by atoms with Crippen LogP contribution in [0.5, 0.6) is 5.75 Å². The summed E-state index contributed by atoms with van der Waals surface area (Å²) in [6.07, 6.45) is 0. The highest BCUT2D eigenvalue weighted by atomic mass is 79.9. The zero-order valence-corrected chi connectivity index (χ0v) is 8.61. The Hall–Kier alpha value is -0.570.